The van der Waals surface area contributed by atoms with E-state index in [1.54, 1.807) is 0 Å². The van der Waals surface area contributed by atoms with Crippen molar-refractivity contribution in [3.63, 3.8) is 0 Å². The molecular formula is C54H63N3O2. The average molecular weight is 788 g/mol. The molecule has 306 valence electrons. The molecule has 0 unspecified atom stereocenters. The summed E-state index contributed by atoms with van der Waals surface area (Å²) in [7, 11) is 0. The maximum Gasteiger partial charge on any atom is 0.217 e. The number of benzene rings is 4. The summed E-state index contributed by atoms with van der Waals surface area (Å²) in [5.74, 6) is 2.11. The Bertz CT molecular complexity index is 2920. The maximum absolute atomic E-state index is 9.78. The van der Waals surface area contributed by atoms with E-state index in [-0.39, 0.29) is 22.2 Å². The third-order valence-corrected chi connectivity index (χ3v) is 13.9. The van der Waals surface area contributed by atoms with Gasteiger partial charge in [0.05, 0.1) is 11.2 Å². The molecule has 3 aliphatic rings. The first-order valence-corrected chi connectivity index (χ1v) is 21.6. The Morgan fingerprint density at radius 1 is 0.814 bits per heavy atom. The Kier molecular flexibility index (Phi) is 7.91. The van der Waals surface area contributed by atoms with Gasteiger partial charge in [-0.3, -0.25) is 4.57 Å². The summed E-state index contributed by atoms with van der Waals surface area (Å²) < 4.78 is 35.9. The van der Waals surface area contributed by atoms with Gasteiger partial charge in [-0.25, -0.2) is 9.98 Å². The monoisotopic (exact) mass is 788 g/mol. The van der Waals surface area contributed by atoms with Crippen LogP contribution in [0.2, 0.25) is 0 Å². The van der Waals surface area contributed by atoms with Gasteiger partial charge in [0.25, 0.3) is 0 Å². The number of rotatable bonds is 4. The van der Waals surface area contributed by atoms with Crippen molar-refractivity contribution in [2.24, 2.45) is 4.99 Å². The van der Waals surface area contributed by atoms with E-state index >= 15 is 0 Å². The van der Waals surface area contributed by atoms with Gasteiger partial charge in [0.1, 0.15) is 28.3 Å². The number of ether oxygens (including phenoxy) is 2. The Hall–Kier alpha value is -4.90. The SMILES string of the molecule is [2H]C1([2H])c2cc(C)c(C(C)(C)C)c(C)c2C[C@]2(C)OC(c3cc(Oc4cc5c(cc4C)C(C)(C)c4cc(C(C)(C)C)cc6c7cc(C)cnc7n-5c46)cc(C(C)C)c3)=N[C@@]12C. The molecular weight excluding hydrogens is 723 g/mol. The number of aliphatic imine (C=N–C) groups is 1. The van der Waals surface area contributed by atoms with Gasteiger partial charge in [-0.2, -0.15) is 0 Å². The Morgan fingerprint density at radius 3 is 2.22 bits per heavy atom. The highest BCUT2D eigenvalue weighted by Gasteiger charge is 2.55. The summed E-state index contributed by atoms with van der Waals surface area (Å²) in [4.78, 5) is 10.3. The van der Waals surface area contributed by atoms with Crippen molar-refractivity contribution in [3.05, 3.63) is 128 Å². The largest absolute Gasteiger partial charge is 0.468 e. The zero-order valence-corrected chi connectivity index (χ0v) is 38.2. The van der Waals surface area contributed by atoms with Crippen LogP contribution in [0.5, 0.6) is 11.5 Å². The number of fused-ring (bicyclic) bond motifs is 7. The summed E-state index contributed by atoms with van der Waals surface area (Å²) in [6, 6.07) is 19.9. The summed E-state index contributed by atoms with van der Waals surface area (Å²) in [5, 5.41) is 2.40. The minimum absolute atomic E-state index is 0.0168. The number of aromatic nitrogens is 2. The second-order valence-electron chi connectivity index (χ2n) is 21.3. The Labute approximate surface area is 355 Å². The lowest BCUT2D eigenvalue weighted by Crippen LogP contribution is -2.53. The van der Waals surface area contributed by atoms with Crippen molar-refractivity contribution < 1.29 is 12.2 Å². The fraction of sp³-hybridized carbons (Fsp3) is 0.444. The molecule has 5 nitrogen and oxygen atoms in total. The van der Waals surface area contributed by atoms with Crippen LogP contribution in [0.3, 0.4) is 0 Å². The predicted octanol–water partition coefficient (Wildman–Crippen LogP) is 13.7. The van der Waals surface area contributed by atoms with E-state index in [1.165, 1.54) is 33.2 Å². The average Bonchev–Trinajstić information content (AvgIpc) is 3.62. The second kappa shape index (κ2) is 12.6. The number of aryl methyl sites for hydroxylation is 3. The van der Waals surface area contributed by atoms with Crippen molar-refractivity contribution in [2.45, 2.75) is 157 Å². The van der Waals surface area contributed by atoms with Gasteiger partial charge in [0.15, 0.2) is 0 Å². The van der Waals surface area contributed by atoms with Crippen LogP contribution in [0.4, 0.5) is 0 Å². The molecule has 0 N–H and O–H groups in total. The molecule has 4 heterocycles. The van der Waals surface area contributed by atoms with Crippen molar-refractivity contribution in [1.29, 1.82) is 0 Å². The fourth-order valence-corrected chi connectivity index (χ4v) is 10.4. The smallest absolute Gasteiger partial charge is 0.217 e. The Balaban J connectivity index is 1.16. The molecule has 0 amide bonds. The predicted molar refractivity (Wildman–Crippen MR) is 246 cm³/mol. The van der Waals surface area contributed by atoms with Gasteiger partial charge in [0, 0.05) is 49.5 Å². The van der Waals surface area contributed by atoms with Crippen LogP contribution >= 0.6 is 0 Å². The zero-order chi connectivity index (χ0) is 44.3. The Morgan fingerprint density at radius 2 is 1.54 bits per heavy atom. The lowest BCUT2D eigenvalue weighted by molar-refractivity contribution is 0.0270. The highest BCUT2D eigenvalue weighted by atomic mass is 16.5. The molecule has 2 aliphatic heterocycles. The maximum atomic E-state index is 9.78. The number of hydrogen-bond donors (Lipinski definition) is 0. The van der Waals surface area contributed by atoms with E-state index in [9.17, 15) is 2.74 Å². The second-order valence-corrected chi connectivity index (χ2v) is 21.3. The third kappa shape index (κ3) is 5.92. The lowest BCUT2D eigenvalue weighted by atomic mass is 9.66. The number of nitrogens with zero attached hydrogens (tertiary/aromatic N) is 3. The summed E-state index contributed by atoms with van der Waals surface area (Å²) in [6.45, 7) is 35.1. The minimum Gasteiger partial charge on any atom is -0.468 e. The van der Waals surface area contributed by atoms with E-state index in [0.717, 1.165) is 67.0 Å². The normalized spacial score (nSPS) is 22.1. The quantitative estimate of drug-likeness (QED) is 0.179. The molecule has 5 heteroatoms. The van der Waals surface area contributed by atoms with Gasteiger partial charge in [0.2, 0.25) is 5.90 Å². The topological polar surface area (TPSA) is 48.6 Å². The van der Waals surface area contributed by atoms with Gasteiger partial charge in [-0.1, -0.05) is 81.4 Å². The van der Waals surface area contributed by atoms with Crippen LogP contribution in [0, 0.1) is 27.7 Å². The number of pyridine rings is 1. The van der Waals surface area contributed by atoms with Crippen molar-refractivity contribution in [3.8, 4) is 17.2 Å². The first kappa shape index (κ1) is 37.1. The van der Waals surface area contributed by atoms with Crippen LogP contribution in [0.1, 0.15) is 159 Å². The molecule has 0 radical (unpaired) electrons. The van der Waals surface area contributed by atoms with Crippen molar-refractivity contribution in [2.75, 3.05) is 0 Å². The molecule has 1 aliphatic carbocycles. The van der Waals surface area contributed by atoms with E-state index < -0.39 is 17.5 Å². The highest BCUT2D eigenvalue weighted by molar-refractivity contribution is 6.11. The van der Waals surface area contributed by atoms with E-state index in [1.807, 2.05) is 26.1 Å². The first-order valence-electron chi connectivity index (χ1n) is 22.6. The molecule has 4 aromatic carbocycles. The van der Waals surface area contributed by atoms with Crippen molar-refractivity contribution >= 4 is 27.8 Å². The molecule has 9 rings (SSSR count). The molecule has 0 saturated heterocycles. The van der Waals surface area contributed by atoms with Crippen molar-refractivity contribution in [1.82, 2.24) is 9.55 Å². The summed E-state index contributed by atoms with van der Waals surface area (Å²) in [5.41, 5.74) is 14.1. The van der Waals surface area contributed by atoms with Crippen LogP contribution in [0.15, 0.2) is 65.8 Å². The fourth-order valence-electron chi connectivity index (χ4n) is 10.4. The van der Waals surface area contributed by atoms with Crippen LogP contribution in [-0.2, 0) is 33.8 Å². The molecule has 0 bridgehead atoms. The summed E-state index contributed by atoms with van der Waals surface area (Å²) in [6.07, 6.45) is 0.759. The molecule has 0 spiro atoms. The molecule has 0 fully saturated rings. The van der Waals surface area contributed by atoms with Gasteiger partial charge >= 0.3 is 0 Å². The van der Waals surface area contributed by atoms with Crippen LogP contribution < -0.4 is 4.74 Å². The van der Waals surface area contributed by atoms with E-state index in [0.29, 0.717) is 18.1 Å². The van der Waals surface area contributed by atoms with Gasteiger partial charge in [-0.15, -0.1) is 0 Å². The van der Waals surface area contributed by atoms with E-state index in [2.05, 4.69) is 150 Å². The third-order valence-electron chi connectivity index (χ3n) is 13.9. The van der Waals surface area contributed by atoms with Crippen LogP contribution in [0.25, 0.3) is 27.6 Å². The molecule has 59 heavy (non-hydrogen) atoms. The molecule has 6 aromatic rings. The van der Waals surface area contributed by atoms with Gasteiger partial charge < -0.3 is 9.47 Å². The first-order chi connectivity index (χ1) is 28.2. The van der Waals surface area contributed by atoms with E-state index in [4.69, 9.17) is 19.5 Å². The highest BCUT2D eigenvalue weighted by Crippen LogP contribution is 2.52. The molecule has 2 aromatic heterocycles. The summed E-state index contributed by atoms with van der Waals surface area (Å²) >= 11 is 0. The lowest BCUT2D eigenvalue weighted by Gasteiger charge is -2.44. The molecule has 2 atom stereocenters. The van der Waals surface area contributed by atoms with Gasteiger partial charge in [-0.05, 0) is 156 Å². The standard InChI is InChI=1S/C54H63N3O2/c1-29(2)34-20-35(49-56-53(15)26-36-18-32(5)46(51(10,11)12)33(6)41(36)27-54(53,16)59-49)22-38(21-34)58-45-25-44-42(19-31(45)4)52(13,14)43-24-37(50(7,8)9)23-39-40-17-30(3)28-55-48(40)57(44)47(39)43/h17-25,28-29H,26-27H2,1-16H3/t53-,54-/m0/s1/i26D2. The molecule has 0 saturated carbocycles. The van der Waals surface area contributed by atoms with Crippen LogP contribution in [-0.4, -0.2) is 26.6 Å². The minimum atomic E-state index is -1.78. The zero-order valence-electron chi connectivity index (χ0n) is 40.2. The number of hydrogen-bond acceptors (Lipinski definition) is 4.